The third-order valence-corrected chi connectivity index (χ3v) is 9.62. The third kappa shape index (κ3) is 8.07. The number of halogens is 1. The molecule has 4 aromatic rings. The van der Waals surface area contributed by atoms with E-state index in [2.05, 4.69) is 5.32 Å². The lowest BCUT2D eigenvalue weighted by Crippen LogP contribution is -2.53. The summed E-state index contributed by atoms with van der Waals surface area (Å²) in [6.45, 7) is 7.44. The number of carbonyl (C=O) groups is 2. The van der Waals surface area contributed by atoms with Crippen LogP contribution in [0.4, 0.5) is 5.69 Å². The van der Waals surface area contributed by atoms with E-state index in [0.29, 0.717) is 11.6 Å². The zero-order chi connectivity index (χ0) is 31.9. The standard InChI is InChI=1S/C35H38ClN3O4S/c1-5-37-35(41)33(21-28-9-7-6-8-10-28)38(23-29-16-11-25(2)12-17-29)34(40)24-39(30-18-15-27(4)32(36)22-30)44(42,43)31-19-13-26(3)14-20-31/h6-20,22,33H,5,21,23-24H2,1-4H3,(H,37,41)/t33-/m1/s1. The zero-order valence-electron chi connectivity index (χ0n) is 25.5. The fraction of sp³-hybridized carbons (Fsp3) is 0.257. The number of benzene rings is 4. The molecule has 7 nitrogen and oxygen atoms in total. The van der Waals surface area contributed by atoms with Crippen LogP contribution in [0.5, 0.6) is 0 Å². The average Bonchev–Trinajstić information content (AvgIpc) is 3.00. The highest BCUT2D eigenvalue weighted by molar-refractivity contribution is 7.92. The molecule has 2 amide bonds. The monoisotopic (exact) mass is 631 g/mol. The number of likely N-dealkylation sites (N-methyl/N-ethyl adjacent to an activating group) is 1. The van der Waals surface area contributed by atoms with Crippen molar-refractivity contribution in [2.45, 2.75) is 51.6 Å². The quantitative estimate of drug-likeness (QED) is 0.201. The first-order chi connectivity index (χ1) is 21.0. The summed E-state index contributed by atoms with van der Waals surface area (Å²) < 4.78 is 29.3. The van der Waals surface area contributed by atoms with Crippen LogP contribution in [-0.4, -0.2) is 44.3 Å². The van der Waals surface area contributed by atoms with E-state index >= 15 is 0 Å². The summed E-state index contributed by atoms with van der Waals surface area (Å²) in [7, 11) is -4.20. The molecule has 1 atom stereocenters. The molecule has 4 rings (SSSR count). The topological polar surface area (TPSA) is 86.8 Å². The van der Waals surface area contributed by atoms with Gasteiger partial charge in [-0.25, -0.2) is 8.42 Å². The summed E-state index contributed by atoms with van der Waals surface area (Å²) >= 11 is 6.44. The van der Waals surface area contributed by atoms with Crippen molar-refractivity contribution < 1.29 is 18.0 Å². The molecule has 9 heteroatoms. The maximum Gasteiger partial charge on any atom is 0.264 e. The van der Waals surface area contributed by atoms with Crippen molar-refractivity contribution in [1.82, 2.24) is 10.2 Å². The van der Waals surface area contributed by atoms with Gasteiger partial charge in [-0.3, -0.25) is 13.9 Å². The smallest absolute Gasteiger partial charge is 0.264 e. The Morgan fingerprint density at radius 3 is 2.02 bits per heavy atom. The van der Waals surface area contributed by atoms with Crippen LogP contribution in [0, 0.1) is 20.8 Å². The van der Waals surface area contributed by atoms with Gasteiger partial charge >= 0.3 is 0 Å². The molecule has 0 bridgehead atoms. The second-order valence-electron chi connectivity index (χ2n) is 10.9. The van der Waals surface area contributed by atoms with Gasteiger partial charge in [-0.05, 0) is 68.7 Å². The van der Waals surface area contributed by atoms with E-state index in [0.717, 1.165) is 32.1 Å². The normalized spacial score (nSPS) is 11.9. The fourth-order valence-electron chi connectivity index (χ4n) is 4.84. The van der Waals surface area contributed by atoms with Gasteiger partial charge in [0, 0.05) is 24.5 Å². The largest absolute Gasteiger partial charge is 0.355 e. The number of aryl methyl sites for hydroxylation is 3. The maximum atomic E-state index is 14.4. The number of amides is 2. The highest BCUT2D eigenvalue weighted by Crippen LogP contribution is 2.29. The van der Waals surface area contributed by atoms with Crippen molar-refractivity contribution in [2.75, 3.05) is 17.4 Å². The number of carbonyl (C=O) groups excluding carboxylic acids is 2. The van der Waals surface area contributed by atoms with Gasteiger partial charge in [-0.15, -0.1) is 0 Å². The molecule has 4 aromatic carbocycles. The number of rotatable bonds is 12. The lowest BCUT2D eigenvalue weighted by atomic mass is 10.0. The zero-order valence-corrected chi connectivity index (χ0v) is 27.0. The molecule has 0 fully saturated rings. The van der Waals surface area contributed by atoms with Crippen LogP contribution in [0.2, 0.25) is 5.02 Å². The number of sulfonamides is 1. The summed E-state index contributed by atoms with van der Waals surface area (Å²) in [4.78, 5) is 29.5. The van der Waals surface area contributed by atoms with Crippen molar-refractivity contribution >= 4 is 39.1 Å². The molecule has 0 saturated heterocycles. The van der Waals surface area contributed by atoms with Gasteiger partial charge < -0.3 is 10.2 Å². The van der Waals surface area contributed by atoms with Crippen LogP contribution in [0.25, 0.3) is 0 Å². The second-order valence-corrected chi connectivity index (χ2v) is 13.1. The van der Waals surface area contributed by atoms with Crippen molar-refractivity contribution in [3.63, 3.8) is 0 Å². The Hall–Kier alpha value is -4.14. The first-order valence-corrected chi connectivity index (χ1v) is 16.3. The van der Waals surface area contributed by atoms with Gasteiger partial charge in [-0.1, -0.05) is 95.5 Å². The Bertz CT molecular complexity index is 1690. The molecule has 0 heterocycles. The molecule has 0 saturated carbocycles. The van der Waals surface area contributed by atoms with Crippen LogP contribution in [0.15, 0.2) is 102 Å². The molecule has 0 aliphatic carbocycles. The van der Waals surface area contributed by atoms with Gasteiger partial charge in [-0.2, -0.15) is 0 Å². The van der Waals surface area contributed by atoms with E-state index in [1.807, 2.05) is 82.3 Å². The molecule has 0 radical (unpaired) electrons. The molecule has 44 heavy (non-hydrogen) atoms. The first kappa shape index (κ1) is 32.8. The van der Waals surface area contributed by atoms with Crippen molar-refractivity contribution in [2.24, 2.45) is 0 Å². The van der Waals surface area contributed by atoms with Gasteiger partial charge in [0.05, 0.1) is 10.6 Å². The molecule has 0 aromatic heterocycles. The second kappa shape index (κ2) is 14.6. The van der Waals surface area contributed by atoms with Crippen molar-refractivity contribution in [3.8, 4) is 0 Å². The molecule has 0 aliphatic heterocycles. The van der Waals surface area contributed by atoms with E-state index in [9.17, 15) is 18.0 Å². The Morgan fingerprint density at radius 2 is 1.43 bits per heavy atom. The highest BCUT2D eigenvalue weighted by Gasteiger charge is 2.34. The minimum absolute atomic E-state index is 0.0437. The van der Waals surface area contributed by atoms with Crippen LogP contribution in [0.1, 0.15) is 34.7 Å². The number of anilines is 1. The molecular weight excluding hydrogens is 594 g/mol. The highest BCUT2D eigenvalue weighted by atomic mass is 35.5. The minimum Gasteiger partial charge on any atom is -0.355 e. The minimum atomic E-state index is -4.20. The lowest BCUT2D eigenvalue weighted by Gasteiger charge is -2.34. The summed E-state index contributed by atoms with van der Waals surface area (Å²) in [5, 5.41) is 3.25. The van der Waals surface area contributed by atoms with E-state index < -0.39 is 28.5 Å². The average molecular weight is 632 g/mol. The van der Waals surface area contributed by atoms with Gasteiger partial charge in [0.1, 0.15) is 12.6 Å². The van der Waals surface area contributed by atoms with Gasteiger partial charge in [0.25, 0.3) is 10.0 Å². The van der Waals surface area contributed by atoms with E-state index in [1.54, 1.807) is 30.3 Å². The Labute approximate surface area is 265 Å². The van der Waals surface area contributed by atoms with Crippen LogP contribution in [0.3, 0.4) is 0 Å². The molecular formula is C35H38ClN3O4S. The van der Waals surface area contributed by atoms with E-state index in [4.69, 9.17) is 11.6 Å². The summed E-state index contributed by atoms with van der Waals surface area (Å²) in [6.07, 6.45) is 0.255. The van der Waals surface area contributed by atoms with Gasteiger partial charge in [0.15, 0.2) is 0 Å². The predicted octanol–water partition coefficient (Wildman–Crippen LogP) is 6.24. The van der Waals surface area contributed by atoms with Crippen molar-refractivity contribution in [1.29, 1.82) is 0 Å². The van der Waals surface area contributed by atoms with E-state index in [1.165, 1.54) is 17.0 Å². The fourth-order valence-corrected chi connectivity index (χ4v) is 6.42. The lowest BCUT2D eigenvalue weighted by molar-refractivity contribution is -0.140. The number of nitrogens with one attached hydrogen (secondary N) is 1. The SMILES string of the molecule is CCNC(=O)[C@@H](Cc1ccccc1)N(Cc1ccc(C)cc1)C(=O)CN(c1ccc(C)c(Cl)c1)S(=O)(=O)c1ccc(C)cc1. The van der Waals surface area contributed by atoms with E-state index in [-0.39, 0.29) is 29.5 Å². The maximum absolute atomic E-state index is 14.4. The Balaban J connectivity index is 1.81. The molecule has 230 valence electrons. The number of hydrogen-bond donors (Lipinski definition) is 1. The summed E-state index contributed by atoms with van der Waals surface area (Å²) in [6, 6.07) is 27.7. The predicted molar refractivity (Wildman–Crippen MR) is 176 cm³/mol. The molecule has 0 spiro atoms. The number of nitrogens with zero attached hydrogens (tertiary/aromatic N) is 2. The van der Waals surface area contributed by atoms with Crippen LogP contribution >= 0.6 is 11.6 Å². The molecule has 0 aliphatic rings. The third-order valence-electron chi connectivity index (χ3n) is 7.43. The van der Waals surface area contributed by atoms with Crippen LogP contribution < -0.4 is 9.62 Å². The summed E-state index contributed by atoms with van der Waals surface area (Å²) in [5.74, 6) is -0.840. The van der Waals surface area contributed by atoms with Gasteiger partial charge in [0.2, 0.25) is 11.8 Å². The van der Waals surface area contributed by atoms with Crippen LogP contribution in [-0.2, 0) is 32.6 Å². The Kier molecular flexibility index (Phi) is 10.8. The number of hydrogen-bond acceptors (Lipinski definition) is 4. The summed E-state index contributed by atoms with van der Waals surface area (Å²) in [5.41, 5.74) is 4.68. The molecule has 0 unspecified atom stereocenters. The first-order valence-electron chi connectivity index (χ1n) is 14.5. The Morgan fingerprint density at radius 1 is 0.818 bits per heavy atom. The van der Waals surface area contributed by atoms with Crippen molar-refractivity contribution in [3.05, 3.63) is 130 Å². The molecule has 1 N–H and O–H groups in total.